The molecule has 0 bridgehead atoms. The average molecular weight is 187 g/mol. The van der Waals surface area contributed by atoms with Gasteiger partial charge in [0.1, 0.15) is 0 Å². The number of carbonyl (C=O) groups is 1. The summed E-state index contributed by atoms with van der Waals surface area (Å²) in [7, 11) is 0. The molecule has 2 heteroatoms. The highest BCUT2D eigenvalue weighted by molar-refractivity contribution is 5.95. The van der Waals surface area contributed by atoms with Crippen LogP contribution in [0.25, 0.3) is 0 Å². The summed E-state index contributed by atoms with van der Waals surface area (Å²) in [6, 6.07) is 8.04. The van der Waals surface area contributed by atoms with Crippen LogP contribution in [0.15, 0.2) is 36.4 Å². The molecule has 1 aromatic carbocycles. The van der Waals surface area contributed by atoms with Crippen molar-refractivity contribution in [1.82, 2.24) is 0 Å². The van der Waals surface area contributed by atoms with E-state index < -0.39 is 0 Å². The zero-order valence-corrected chi connectivity index (χ0v) is 8.23. The van der Waals surface area contributed by atoms with E-state index >= 15 is 0 Å². The summed E-state index contributed by atoms with van der Waals surface area (Å²) in [6.45, 7) is 2.74. The molecule has 0 unspecified atom stereocenters. The van der Waals surface area contributed by atoms with Crippen molar-refractivity contribution in [1.29, 1.82) is 0 Å². The van der Waals surface area contributed by atoms with Crippen LogP contribution in [-0.2, 0) is 4.79 Å². The van der Waals surface area contributed by atoms with Crippen molar-refractivity contribution in [2.75, 3.05) is 11.4 Å². The van der Waals surface area contributed by atoms with Crippen LogP contribution in [0.5, 0.6) is 0 Å². The number of carbonyl (C=O) groups excluding carboxylic acids is 1. The van der Waals surface area contributed by atoms with E-state index in [1.165, 1.54) is 5.56 Å². The lowest BCUT2D eigenvalue weighted by Crippen LogP contribution is -2.32. The topological polar surface area (TPSA) is 20.3 Å². The largest absolute Gasteiger partial charge is 0.308 e. The highest BCUT2D eigenvalue weighted by Crippen LogP contribution is 2.18. The molecule has 0 radical (unpaired) electrons. The highest BCUT2D eigenvalue weighted by Gasteiger charge is 2.15. The van der Waals surface area contributed by atoms with Crippen LogP contribution < -0.4 is 4.90 Å². The Bertz CT molecular complexity index is 364. The van der Waals surface area contributed by atoms with Gasteiger partial charge in [-0.25, -0.2) is 0 Å². The number of nitrogens with zero attached hydrogens (tertiary/aromatic N) is 1. The van der Waals surface area contributed by atoms with Gasteiger partial charge in [-0.2, -0.15) is 0 Å². The Morgan fingerprint density at radius 3 is 2.50 bits per heavy atom. The third-order valence-corrected chi connectivity index (χ3v) is 2.39. The van der Waals surface area contributed by atoms with Gasteiger partial charge in [-0.3, -0.25) is 4.79 Å². The zero-order chi connectivity index (χ0) is 9.97. The molecule has 72 valence electrons. The SMILES string of the molecule is Cc1ccc(N2CC=CCC2=O)cc1. The average Bonchev–Trinajstić information content (AvgIpc) is 2.20. The summed E-state index contributed by atoms with van der Waals surface area (Å²) in [5.41, 5.74) is 2.21. The van der Waals surface area contributed by atoms with Crippen molar-refractivity contribution >= 4 is 11.6 Å². The molecule has 0 fully saturated rings. The Balaban J connectivity index is 2.26. The highest BCUT2D eigenvalue weighted by atomic mass is 16.2. The van der Waals surface area contributed by atoms with Gasteiger partial charge in [0, 0.05) is 18.7 Å². The number of hydrogen-bond acceptors (Lipinski definition) is 1. The summed E-state index contributed by atoms with van der Waals surface area (Å²) in [5.74, 6) is 0.177. The van der Waals surface area contributed by atoms with Gasteiger partial charge < -0.3 is 4.90 Å². The minimum atomic E-state index is 0.177. The monoisotopic (exact) mass is 187 g/mol. The first-order chi connectivity index (χ1) is 6.77. The maximum absolute atomic E-state index is 11.6. The number of rotatable bonds is 1. The van der Waals surface area contributed by atoms with Crippen LogP contribution in [0.2, 0.25) is 0 Å². The molecule has 0 aromatic heterocycles. The Kier molecular flexibility index (Phi) is 2.35. The zero-order valence-electron chi connectivity index (χ0n) is 8.23. The number of hydrogen-bond donors (Lipinski definition) is 0. The van der Waals surface area contributed by atoms with Crippen molar-refractivity contribution in [2.45, 2.75) is 13.3 Å². The lowest BCUT2D eigenvalue weighted by Gasteiger charge is -2.23. The second-order valence-electron chi connectivity index (χ2n) is 3.52. The summed E-state index contributed by atoms with van der Waals surface area (Å²) < 4.78 is 0. The van der Waals surface area contributed by atoms with E-state index in [4.69, 9.17) is 0 Å². The summed E-state index contributed by atoms with van der Waals surface area (Å²) in [6.07, 6.45) is 4.47. The Morgan fingerprint density at radius 1 is 1.14 bits per heavy atom. The van der Waals surface area contributed by atoms with Gasteiger partial charge in [-0.1, -0.05) is 29.8 Å². The van der Waals surface area contributed by atoms with Crippen LogP contribution in [0.4, 0.5) is 5.69 Å². The molecule has 0 spiro atoms. The molecule has 2 nitrogen and oxygen atoms in total. The van der Waals surface area contributed by atoms with Gasteiger partial charge in [-0.15, -0.1) is 0 Å². The summed E-state index contributed by atoms with van der Waals surface area (Å²) in [4.78, 5) is 13.4. The minimum absolute atomic E-state index is 0.177. The van der Waals surface area contributed by atoms with Crippen LogP contribution in [0.3, 0.4) is 0 Å². The lowest BCUT2D eigenvalue weighted by atomic mass is 10.1. The first-order valence-corrected chi connectivity index (χ1v) is 4.79. The Hall–Kier alpha value is -1.57. The lowest BCUT2D eigenvalue weighted by molar-refractivity contribution is -0.117. The maximum atomic E-state index is 11.6. The van der Waals surface area contributed by atoms with Gasteiger partial charge >= 0.3 is 0 Å². The molecule has 0 saturated carbocycles. The first kappa shape index (κ1) is 9.00. The molecule has 1 aromatic rings. The molecule has 1 amide bonds. The minimum Gasteiger partial charge on any atom is -0.308 e. The van der Waals surface area contributed by atoms with E-state index in [0.717, 1.165) is 5.69 Å². The predicted octanol–water partition coefficient (Wildman–Crippen LogP) is 2.29. The molecule has 0 aliphatic carbocycles. The molecule has 1 aliphatic heterocycles. The fourth-order valence-electron chi connectivity index (χ4n) is 1.55. The van der Waals surface area contributed by atoms with Crippen molar-refractivity contribution in [3.05, 3.63) is 42.0 Å². The van der Waals surface area contributed by atoms with E-state index in [1.54, 1.807) is 4.90 Å². The fraction of sp³-hybridized carbons (Fsp3) is 0.250. The molecular weight excluding hydrogens is 174 g/mol. The molecule has 2 rings (SSSR count). The third-order valence-electron chi connectivity index (χ3n) is 2.39. The van der Waals surface area contributed by atoms with Gasteiger partial charge in [0.2, 0.25) is 5.91 Å². The van der Waals surface area contributed by atoms with Gasteiger partial charge in [-0.05, 0) is 19.1 Å². The fourth-order valence-corrected chi connectivity index (χ4v) is 1.55. The Morgan fingerprint density at radius 2 is 1.86 bits per heavy atom. The van der Waals surface area contributed by atoms with Gasteiger partial charge in [0.25, 0.3) is 0 Å². The van der Waals surface area contributed by atoms with E-state index in [2.05, 4.69) is 0 Å². The van der Waals surface area contributed by atoms with E-state index in [-0.39, 0.29) is 5.91 Å². The van der Waals surface area contributed by atoms with E-state index in [0.29, 0.717) is 13.0 Å². The molecule has 1 aliphatic rings. The van der Waals surface area contributed by atoms with Crippen LogP contribution in [0, 0.1) is 6.92 Å². The van der Waals surface area contributed by atoms with Crippen molar-refractivity contribution in [3.63, 3.8) is 0 Å². The van der Waals surface area contributed by atoms with Crippen LogP contribution in [0.1, 0.15) is 12.0 Å². The molecule has 14 heavy (non-hydrogen) atoms. The summed E-state index contributed by atoms with van der Waals surface area (Å²) in [5, 5.41) is 0. The maximum Gasteiger partial charge on any atom is 0.231 e. The quantitative estimate of drug-likeness (QED) is 0.618. The molecule has 0 saturated heterocycles. The smallest absolute Gasteiger partial charge is 0.231 e. The van der Waals surface area contributed by atoms with E-state index in [1.807, 2.05) is 43.3 Å². The first-order valence-electron chi connectivity index (χ1n) is 4.79. The van der Waals surface area contributed by atoms with Crippen LogP contribution >= 0.6 is 0 Å². The number of amides is 1. The van der Waals surface area contributed by atoms with Crippen molar-refractivity contribution in [2.24, 2.45) is 0 Å². The second kappa shape index (κ2) is 3.66. The molecule has 0 atom stereocenters. The van der Waals surface area contributed by atoms with E-state index in [9.17, 15) is 4.79 Å². The summed E-state index contributed by atoms with van der Waals surface area (Å²) >= 11 is 0. The van der Waals surface area contributed by atoms with Crippen LogP contribution in [-0.4, -0.2) is 12.5 Å². The molecular formula is C12H13NO. The number of benzene rings is 1. The molecule has 0 N–H and O–H groups in total. The predicted molar refractivity (Wildman–Crippen MR) is 57.3 cm³/mol. The van der Waals surface area contributed by atoms with Crippen molar-refractivity contribution < 1.29 is 4.79 Å². The standard InChI is InChI=1S/C12H13NO/c1-10-5-7-11(8-6-10)13-9-3-2-4-12(13)14/h2-3,5-8H,4,9H2,1H3. The Labute approximate surface area is 83.8 Å². The third kappa shape index (κ3) is 1.69. The second-order valence-corrected chi connectivity index (χ2v) is 3.52. The number of aryl methyl sites for hydroxylation is 1. The molecule has 1 heterocycles. The number of anilines is 1. The van der Waals surface area contributed by atoms with Gasteiger partial charge in [0.15, 0.2) is 0 Å². The normalized spacial score (nSPS) is 16.1. The van der Waals surface area contributed by atoms with Crippen molar-refractivity contribution in [3.8, 4) is 0 Å². The van der Waals surface area contributed by atoms with Gasteiger partial charge in [0.05, 0.1) is 0 Å².